The summed E-state index contributed by atoms with van der Waals surface area (Å²) in [4.78, 5) is 38.7. The average Bonchev–Trinajstić information content (AvgIpc) is 2.73. The standard InChI is InChI=1S/C22H25ClN2O5/c1-4-11-25(13-20(26)24-18-8-6-5-7-15(18)2)21(27)14-30-22(28)17-12-16(23)9-10-19(17)29-3/h5-10,12H,4,11,13-14H2,1-3H3,(H,24,26). The van der Waals surface area contributed by atoms with Gasteiger partial charge in [-0.25, -0.2) is 4.79 Å². The highest BCUT2D eigenvalue weighted by Gasteiger charge is 2.21. The molecule has 0 spiro atoms. The van der Waals surface area contributed by atoms with Gasteiger partial charge in [0.1, 0.15) is 11.3 Å². The number of hydrogen-bond acceptors (Lipinski definition) is 5. The summed E-state index contributed by atoms with van der Waals surface area (Å²) in [6.45, 7) is 3.50. The lowest BCUT2D eigenvalue weighted by molar-refractivity contribution is -0.137. The molecule has 8 heteroatoms. The van der Waals surface area contributed by atoms with Gasteiger partial charge in [-0.1, -0.05) is 36.7 Å². The molecule has 0 bridgehead atoms. The van der Waals surface area contributed by atoms with Gasteiger partial charge in [0.2, 0.25) is 5.91 Å². The Hall–Kier alpha value is -3.06. The molecule has 0 aliphatic rings. The van der Waals surface area contributed by atoms with Crippen LogP contribution in [0.3, 0.4) is 0 Å². The highest BCUT2D eigenvalue weighted by Crippen LogP contribution is 2.23. The van der Waals surface area contributed by atoms with E-state index in [2.05, 4.69) is 5.32 Å². The van der Waals surface area contributed by atoms with Gasteiger partial charge in [-0.3, -0.25) is 9.59 Å². The zero-order valence-electron chi connectivity index (χ0n) is 17.2. The van der Waals surface area contributed by atoms with E-state index in [-0.39, 0.29) is 18.0 Å². The van der Waals surface area contributed by atoms with Crippen LogP contribution in [0.4, 0.5) is 5.69 Å². The van der Waals surface area contributed by atoms with Crippen LogP contribution in [-0.4, -0.2) is 49.5 Å². The van der Waals surface area contributed by atoms with Crippen LogP contribution in [0.25, 0.3) is 0 Å². The van der Waals surface area contributed by atoms with Gasteiger partial charge in [-0.15, -0.1) is 0 Å². The molecule has 2 amide bonds. The van der Waals surface area contributed by atoms with Crippen molar-refractivity contribution in [1.82, 2.24) is 4.90 Å². The first-order valence-corrected chi connectivity index (χ1v) is 9.87. The minimum Gasteiger partial charge on any atom is -0.496 e. The lowest BCUT2D eigenvalue weighted by atomic mass is 10.2. The van der Waals surface area contributed by atoms with E-state index >= 15 is 0 Å². The van der Waals surface area contributed by atoms with Gasteiger partial charge in [-0.05, 0) is 43.2 Å². The third-order valence-electron chi connectivity index (χ3n) is 4.31. The van der Waals surface area contributed by atoms with Gasteiger partial charge in [0.25, 0.3) is 5.91 Å². The van der Waals surface area contributed by atoms with E-state index in [1.54, 1.807) is 18.2 Å². The zero-order chi connectivity index (χ0) is 22.1. The molecule has 0 fully saturated rings. The summed E-state index contributed by atoms with van der Waals surface area (Å²) < 4.78 is 10.3. The van der Waals surface area contributed by atoms with Crippen molar-refractivity contribution in [2.24, 2.45) is 0 Å². The summed E-state index contributed by atoms with van der Waals surface area (Å²) in [5, 5.41) is 3.14. The van der Waals surface area contributed by atoms with Crippen molar-refractivity contribution < 1.29 is 23.9 Å². The average molecular weight is 433 g/mol. The van der Waals surface area contributed by atoms with Gasteiger partial charge in [-0.2, -0.15) is 0 Å². The fourth-order valence-electron chi connectivity index (χ4n) is 2.77. The minimum atomic E-state index is -0.733. The number of ether oxygens (including phenoxy) is 2. The molecule has 160 valence electrons. The molecule has 0 unspecified atom stereocenters. The van der Waals surface area contributed by atoms with Crippen molar-refractivity contribution in [2.45, 2.75) is 20.3 Å². The Morgan fingerprint density at radius 2 is 1.87 bits per heavy atom. The summed E-state index contributed by atoms with van der Waals surface area (Å²) in [6.07, 6.45) is 0.652. The molecular weight excluding hydrogens is 408 g/mol. The first kappa shape index (κ1) is 23.2. The van der Waals surface area contributed by atoms with Gasteiger partial charge < -0.3 is 19.7 Å². The normalized spacial score (nSPS) is 10.3. The molecule has 0 aromatic heterocycles. The number of methoxy groups -OCH3 is 1. The molecule has 0 saturated heterocycles. The Bertz CT molecular complexity index is 916. The number of para-hydroxylation sites is 1. The van der Waals surface area contributed by atoms with Crippen LogP contribution >= 0.6 is 11.6 Å². The molecule has 30 heavy (non-hydrogen) atoms. The summed E-state index contributed by atoms with van der Waals surface area (Å²) in [5.41, 5.74) is 1.73. The first-order chi connectivity index (χ1) is 14.3. The van der Waals surface area contributed by atoms with E-state index in [1.807, 2.05) is 32.0 Å². The summed E-state index contributed by atoms with van der Waals surface area (Å²) >= 11 is 5.92. The van der Waals surface area contributed by atoms with E-state index in [1.165, 1.54) is 18.1 Å². The maximum absolute atomic E-state index is 12.6. The summed E-state index contributed by atoms with van der Waals surface area (Å²) in [6, 6.07) is 11.9. The van der Waals surface area contributed by atoms with Crippen LogP contribution in [0.2, 0.25) is 5.02 Å². The number of carbonyl (C=O) groups is 3. The molecule has 0 aliphatic carbocycles. The van der Waals surface area contributed by atoms with Gasteiger partial charge in [0, 0.05) is 17.3 Å². The molecule has 0 aliphatic heterocycles. The summed E-state index contributed by atoms with van der Waals surface area (Å²) in [5.74, 6) is -1.23. The number of carbonyl (C=O) groups excluding carboxylic acids is 3. The van der Waals surface area contributed by atoms with Crippen LogP contribution in [0.15, 0.2) is 42.5 Å². The van der Waals surface area contributed by atoms with Crippen LogP contribution < -0.4 is 10.1 Å². The van der Waals surface area contributed by atoms with E-state index < -0.39 is 18.5 Å². The van der Waals surface area contributed by atoms with Crippen LogP contribution in [0.1, 0.15) is 29.3 Å². The largest absolute Gasteiger partial charge is 0.496 e. The van der Waals surface area contributed by atoms with E-state index in [0.29, 0.717) is 29.4 Å². The van der Waals surface area contributed by atoms with Crippen molar-refractivity contribution in [2.75, 3.05) is 32.1 Å². The number of halogens is 1. The summed E-state index contributed by atoms with van der Waals surface area (Å²) in [7, 11) is 1.42. The molecule has 0 atom stereocenters. The van der Waals surface area contributed by atoms with Crippen LogP contribution in [-0.2, 0) is 14.3 Å². The number of anilines is 1. The zero-order valence-corrected chi connectivity index (χ0v) is 18.0. The van der Waals surface area contributed by atoms with Gasteiger partial charge >= 0.3 is 5.97 Å². The second kappa shape index (κ2) is 11.2. The van der Waals surface area contributed by atoms with Crippen molar-refractivity contribution in [3.05, 3.63) is 58.6 Å². The number of aryl methyl sites for hydroxylation is 1. The molecule has 1 N–H and O–H groups in total. The molecule has 2 aromatic rings. The molecular formula is C22H25ClN2O5. The fraction of sp³-hybridized carbons (Fsp3) is 0.318. The Kier molecular flexibility index (Phi) is 8.68. The number of nitrogens with one attached hydrogen (secondary N) is 1. The number of amides is 2. The minimum absolute atomic E-state index is 0.122. The highest BCUT2D eigenvalue weighted by atomic mass is 35.5. The first-order valence-electron chi connectivity index (χ1n) is 9.49. The molecule has 0 saturated carbocycles. The SMILES string of the molecule is CCCN(CC(=O)Nc1ccccc1C)C(=O)COC(=O)c1cc(Cl)ccc1OC. The maximum Gasteiger partial charge on any atom is 0.342 e. The number of rotatable bonds is 9. The third kappa shape index (κ3) is 6.49. The molecule has 2 aromatic carbocycles. The fourth-order valence-corrected chi connectivity index (χ4v) is 2.95. The quantitative estimate of drug-likeness (QED) is 0.611. The number of hydrogen-bond donors (Lipinski definition) is 1. The second-order valence-corrected chi connectivity index (χ2v) is 7.04. The van der Waals surface area contributed by atoms with E-state index in [9.17, 15) is 14.4 Å². The van der Waals surface area contributed by atoms with Crippen molar-refractivity contribution in [3.63, 3.8) is 0 Å². The Balaban J connectivity index is 1.98. The monoisotopic (exact) mass is 432 g/mol. The lowest BCUT2D eigenvalue weighted by Gasteiger charge is -2.22. The lowest BCUT2D eigenvalue weighted by Crippen LogP contribution is -2.40. The third-order valence-corrected chi connectivity index (χ3v) is 4.54. The molecule has 7 nitrogen and oxygen atoms in total. The number of benzene rings is 2. The van der Waals surface area contributed by atoms with Crippen molar-refractivity contribution in [3.8, 4) is 5.75 Å². The topological polar surface area (TPSA) is 84.9 Å². The van der Waals surface area contributed by atoms with Crippen LogP contribution in [0.5, 0.6) is 5.75 Å². The Labute approximate surface area is 180 Å². The number of nitrogens with zero attached hydrogens (tertiary/aromatic N) is 1. The van der Waals surface area contributed by atoms with Crippen molar-refractivity contribution in [1.29, 1.82) is 0 Å². The molecule has 2 rings (SSSR count). The Morgan fingerprint density at radius 3 is 2.53 bits per heavy atom. The van der Waals surface area contributed by atoms with E-state index in [4.69, 9.17) is 21.1 Å². The van der Waals surface area contributed by atoms with Crippen LogP contribution in [0, 0.1) is 6.92 Å². The molecule has 0 radical (unpaired) electrons. The van der Waals surface area contributed by atoms with Crippen molar-refractivity contribution >= 4 is 35.1 Å². The highest BCUT2D eigenvalue weighted by molar-refractivity contribution is 6.31. The predicted octanol–water partition coefficient (Wildman–Crippen LogP) is 3.69. The van der Waals surface area contributed by atoms with Gasteiger partial charge in [0.05, 0.1) is 13.7 Å². The van der Waals surface area contributed by atoms with Gasteiger partial charge in [0.15, 0.2) is 6.61 Å². The van der Waals surface area contributed by atoms with E-state index in [0.717, 1.165) is 5.56 Å². The Morgan fingerprint density at radius 1 is 1.13 bits per heavy atom. The maximum atomic E-state index is 12.6. The predicted molar refractivity (Wildman–Crippen MR) is 115 cm³/mol. The second-order valence-electron chi connectivity index (χ2n) is 6.60. The number of esters is 1. The molecule has 0 heterocycles. The smallest absolute Gasteiger partial charge is 0.342 e.